The predicted octanol–water partition coefficient (Wildman–Crippen LogP) is 2.42. The summed E-state index contributed by atoms with van der Waals surface area (Å²) in [5.74, 6) is -0.328. The fraction of sp³-hybridized carbons (Fsp3) is 0.857. The molecule has 1 saturated carbocycles. The maximum Gasteiger partial charge on any atom is 0.329 e. The maximum absolute atomic E-state index is 12.3. The highest BCUT2D eigenvalue weighted by atomic mass is 16.4. The second-order valence-electron chi connectivity index (χ2n) is 5.94. The number of carboxylic acids is 1. The van der Waals surface area contributed by atoms with Gasteiger partial charge in [0.2, 0.25) is 5.91 Å². The van der Waals surface area contributed by atoms with Crippen molar-refractivity contribution in [2.24, 2.45) is 5.92 Å². The molecule has 0 bridgehead atoms. The second-order valence-corrected chi connectivity index (χ2v) is 5.94. The van der Waals surface area contributed by atoms with Gasteiger partial charge in [0.1, 0.15) is 5.54 Å². The number of rotatable bonds is 3. The summed E-state index contributed by atoms with van der Waals surface area (Å²) in [5.41, 5.74) is -0.978. The van der Waals surface area contributed by atoms with Gasteiger partial charge in [-0.05, 0) is 44.9 Å². The fourth-order valence-electron chi connectivity index (χ4n) is 3.31. The molecule has 1 atom stereocenters. The molecule has 0 aromatic rings. The minimum absolute atomic E-state index is 0.0477. The highest BCUT2D eigenvalue weighted by Crippen LogP contribution is 2.32. The monoisotopic (exact) mass is 253 g/mol. The van der Waals surface area contributed by atoms with Crippen LogP contribution in [0.1, 0.15) is 58.3 Å². The number of likely N-dealkylation sites (tertiary alicyclic amines) is 1. The van der Waals surface area contributed by atoms with Crippen molar-refractivity contribution in [1.82, 2.24) is 4.90 Å². The molecule has 1 amide bonds. The van der Waals surface area contributed by atoms with E-state index in [0.29, 0.717) is 25.3 Å². The minimum Gasteiger partial charge on any atom is -0.480 e. The van der Waals surface area contributed by atoms with E-state index in [2.05, 4.69) is 0 Å². The van der Waals surface area contributed by atoms with E-state index in [1.165, 1.54) is 12.8 Å². The molecule has 0 radical (unpaired) electrons. The first-order valence-electron chi connectivity index (χ1n) is 7.08. The molecule has 2 fully saturated rings. The summed E-state index contributed by atoms with van der Waals surface area (Å²) < 4.78 is 0. The van der Waals surface area contributed by atoms with Gasteiger partial charge in [-0.3, -0.25) is 4.79 Å². The van der Waals surface area contributed by atoms with E-state index in [1.54, 1.807) is 11.8 Å². The first-order valence-corrected chi connectivity index (χ1v) is 7.08. The normalized spacial score (nSPS) is 29.5. The van der Waals surface area contributed by atoms with Crippen LogP contribution < -0.4 is 0 Å². The molecule has 2 rings (SSSR count). The van der Waals surface area contributed by atoms with Crippen LogP contribution in [-0.4, -0.2) is 34.0 Å². The van der Waals surface area contributed by atoms with Crippen LogP contribution in [0.2, 0.25) is 0 Å². The van der Waals surface area contributed by atoms with Crippen molar-refractivity contribution in [3.05, 3.63) is 0 Å². The number of carboxylic acid groups (broad SMARTS) is 1. The second kappa shape index (κ2) is 5.29. The van der Waals surface area contributed by atoms with Gasteiger partial charge in [0, 0.05) is 13.0 Å². The van der Waals surface area contributed by atoms with Crippen molar-refractivity contribution >= 4 is 11.9 Å². The summed E-state index contributed by atoms with van der Waals surface area (Å²) in [6.07, 6.45) is 7.64. The summed E-state index contributed by atoms with van der Waals surface area (Å²) in [4.78, 5) is 25.4. The summed E-state index contributed by atoms with van der Waals surface area (Å²) in [6.45, 7) is 2.30. The zero-order valence-electron chi connectivity index (χ0n) is 11.2. The number of hydrogen-bond donors (Lipinski definition) is 1. The van der Waals surface area contributed by atoms with Gasteiger partial charge in [0.15, 0.2) is 0 Å². The van der Waals surface area contributed by atoms with E-state index in [1.807, 2.05) is 0 Å². The van der Waals surface area contributed by atoms with Gasteiger partial charge >= 0.3 is 5.97 Å². The standard InChI is InChI=1S/C14H23NO3/c1-14(13(17)18)8-4-5-9-15(14)12(16)10-11-6-2-3-7-11/h11H,2-10H2,1H3,(H,17,18). The molecule has 4 heteroatoms. The minimum atomic E-state index is -0.978. The molecule has 4 nitrogen and oxygen atoms in total. The van der Waals surface area contributed by atoms with Crippen molar-refractivity contribution in [1.29, 1.82) is 0 Å². The number of carbonyl (C=O) groups is 2. The zero-order valence-corrected chi connectivity index (χ0v) is 11.2. The van der Waals surface area contributed by atoms with Crippen molar-refractivity contribution in [3.8, 4) is 0 Å². The van der Waals surface area contributed by atoms with Crippen LogP contribution >= 0.6 is 0 Å². The van der Waals surface area contributed by atoms with Gasteiger partial charge in [-0.2, -0.15) is 0 Å². The lowest BCUT2D eigenvalue weighted by atomic mass is 9.87. The van der Waals surface area contributed by atoms with Crippen LogP contribution in [0.3, 0.4) is 0 Å². The summed E-state index contributed by atoms with van der Waals surface area (Å²) in [7, 11) is 0. The van der Waals surface area contributed by atoms with Crippen LogP contribution in [-0.2, 0) is 9.59 Å². The molecule has 1 N–H and O–H groups in total. The smallest absolute Gasteiger partial charge is 0.329 e. The number of carbonyl (C=O) groups excluding carboxylic acids is 1. The van der Waals surface area contributed by atoms with Gasteiger partial charge < -0.3 is 10.0 Å². The molecule has 0 spiro atoms. The lowest BCUT2D eigenvalue weighted by molar-refractivity contribution is -0.161. The Morgan fingerprint density at radius 2 is 1.89 bits per heavy atom. The number of piperidine rings is 1. The molecular weight excluding hydrogens is 230 g/mol. The van der Waals surface area contributed by atoms with E-state index in [9.17, 15) is 14.7 Å². The average Bonchev–Trinajstić information content (AvgIpc) is 2.82. The van der Waals surface area contributed by atoms with Gasteiger partial charge in [-0.15, -0.1) is 0 Å². The lowest BCUT2D eigenvalue weighted by Crippen LogP contribution is -2.57. The first kappa shape index (κ1) is 13.4. The maximum atomic E-state index is 12.3. The summed E-state index contributed by atoms with van der Waals surface area (Å²) in [5, 5.41) is 9.38. The molecule has 1 aliphatic carbocycles. The van der Waals surface area contributed by atoms with Crippen molar-refractivity contribution < 1.29 is 14.7 Å². The van der Waals surface area contributed by atoms with Crippen LogP contribution in [0.4, 0.5) is 0 Å². The molecule has 1 saturated heterocycles. The zero-order chi connectivity index (χ0) is 13.2. The average molecular weight is 253 g/mol. The Labute approximate surface area is 108 Å². The first-order chi connectivity index (χ1) is 8.54. The van der Waals surface area contributed by atoms with Crippen LogP contribution in [0.5, 0.6) is 0 Å². The van der Waals surface area contributed by atoms with Crippen molar-refractivity contribution in [2.75, 3.05) is 6.54 Å². The molecule has 1 heterocycles. The Kier molecular flexibility index (Phi) is 3.93. The Bertz CT molecular complexity index is 336. The number of amides is 1. The number of aliphatic carboxylic acids is 1. The highest BCUT2D eigenvalue weighted by Gasteiger charge is 2.44. The molecule has 0 aromatic carbocycles. The Balaban J connectivity index is 2.03. The molecule has 1 aliphatic heterocycles. The largest absolute Gasteiger partial charge is 0.480 e. The van der Waals surface area contributed by atoms with Gasteiger partial charge in [-0.25, -0.2) is 4.79 Å². The van der Waals surface area contributed by atoms with E-state index < -0.39 is 11.5 Å². The summed E-state index contributed by atoms with van der Waals surface area (Å²) >= 11 is 0. The van der Waals surface area contributed by atoms with Gasteiger partial charge in [-0.1, -0.05) is 12.8 Å². The quantitative estimate of drug-likeness (QED) is 0.840. The lowest BCUT2D eigenvalue weighted by Gasteiger charge is -2.42. The third kappa shape index (κ3) is 2.52. The predicted molar refractivity (Wildman–Crippen MR) is 68.2 cm³/mol. The van der Waals surface area contributed by atoms with E-state index in [4.69, 9.17) is 0 Å². The molecular formula is C14H23NO3. The molecule has 2 aliphatic rings. The third-order valence-corrected chi connectivity index (χ3v) is 4.59. The van der Waals surface area contributed by atoms with E-state index >= 15 is 0 Å². The highest BCUT2D eigenvalue weighted by molar-refractivity contribution is 5.87. The van der Waals surface area contributed by atoms with E-state index in [0.717, 1.165) is 25.7 Å². The molecule has 1 unspecified atom stereocenters. The molecule has 102 valence electrons. The van der Waals surface area contributed by atoms with Crippen LogP contribution in [0.15, 0.2) is 0 Å². The van der Waals surface area contributed by atoms with Crippen LogP contribution in [0.25, 0.3) is 0 Å². The number of nitrogens with zero attached hydrogens (tertiary/aromatic N) is 1. The van der Waals surface area contributed by atoms with Gasteiger partial charge in [0.25, 0.3) is 0 Å². The van der Waals surface area contributed by atoms with Crippen LogP contribution in [0, 0.1) is 5.92 Å². The molecule has 0 aromatic heterocycles. The Morgan fingerprint density at radius 1 is 1.22 bits per heavy atom. The Morgan fingerprint density at radius 3 is 2.50 bits per heavy atom. The van der Waals surface area contributed by atoms with E-state index in [-0.39, 0.29) is 5.91 Å². The Hall–Kier alpha value is -1.06. The topological polar surface area (TPSA) is 57.6 Å². The van der Waals surface area contributed by atoms with Crippen molar-refractivity contribution in [2.45, 2.75) is 63.8 Å². The van der Waals surface area contributed by atoms with Gasteiger partial charge in [0.05, 0.1) is 0 Å². The third-order valence-electron chi connectivity index (χ3n) is 4.59. The SMILES string of the molecule is CC1(C(=O)O)CCCCN1C(=O)CC1CCCC1. The summed E-state index contributed by atoms with van der Waals surface area (Å²) in [6, 6.07) is 0. The van der Waals surface area contributed by atoms with Crippen molar-refractivity contribution in [3.63, 3.8) is 0 Å². The number of hydrogen-bond acceptors (Lipinski definition) is 2. The molecule has 18 heavy (non-hydrogen) atoms. The fourth-order valence-corrected chi connectivity index (χ4v) is 3.31.